The molecule has 2 aromatic rings. The number of hydrogen-bond donors (Lipinski definition) is 1. The standard InChI is InChI=1S/C29H32Cl2N4O3S/c1-16(2)22-24(27(38)34-15-14-21(36)23(34)26(37)33(4)5)39-28-32-29(3,18-8-12-20(31)13-9-18)25(35(22)28)17-6-10-19(30)11-7-17/h6-13,16,21,23,25,36H,14-15H2,1-5H3/t21-,23-,25?,29?/m0/s1. The molecule has 0 aliphatic carbocycles. The number of carbonyl (C=O) groups excluding carboxylic acids is 2. The van der Waals surface area contributed by atoms with Crippen molar-refractivity contribution in [3.63, 3.8) is 0 Å². The zero-order chi connectivity index (χ0) is 28.2. The lowest BCUT2D eigenvalue weighted by atomic mass is 9.81. The monoisotopic (exact) mass is 586 g/mol. The van der Waals surface area contributed by atoms with E-state index in [0.29, 0.717) is 27.9 Å². The number of nitrogens with zero attached hydrogens (tertiary/aromatic N) is 4. The van der Waals surface area contributed by atoms with E-state index in [4.69, 9.17) is 28.2 Å². The van der Waals surface area contributed by atoms with Gasteiger partial charge in [-0.25, -0.2) is 4.99 Å². The summed E-state index contributed by atoms with van der Waals surface area (Å²) >= 11 is 13.8. The second-order valence-corrected chi connectivity index (χ2v) is 12.7. The number of benzene rings is 2. The molecule has 206 valence electrons. The van der Waals surface area contributed by atoms with Gasteiger partial charge in [-0.3, -0.25) is 9.59 Å². The van der Waals surface area contributed by atoms with Crippen LogP contribution in [0.15, 0.2) is 64.1 Å². The molecule has 0 aromatic heterocycles. The molecule has 2 amide bonds. The fourth-order valence-electron chi connectivity index (χ4n) is 5.76. The molecule has 0 saturated carbocycles. The first-order chi connectivity index (χ1) is 18.4. The van der Waals surface area contributed by atoms with Gasteiger partial charge in [0.1, 0.15) is 16.5 Å². The highest BCUT2D eigenvalue weighted by molar-refractivity contribution is 8.18. The van der Waals surface area contributed by atoms with E-state index in [0.717, 1.165) is 22.0 Å². The number of fused-ring (bicyclic) bond motifs is 1. The SMILES string of the molecule is CC(C)C1=C(C(=O)N2CC[C@H](O)[C@H]2C(=O)N(C)C)SC2=NC(C)(c3ccc(Cl)cc3)C(c3ccc(Cl)cc3)N21. The van der Waals surface area contributed by atoms with Crippen LogP contribution < -0.4 is 0 Å². The number of aliphatic imine (C=N–C) groups is 1. The molecule has 7 nitrogen and oxygen atoms in total. The van der Waals surface area contributed by atoms with Gasteiger partial charge >= 0.3 is 0 Å². The van der Waals surface area contributed by atoms with E-state index < -0.39 is 17.7 Å². The first-order valence-corrected chi connectivity index (χ1v) is 14.5. The van der Waals surface area contributed by atoms with Crippen molar-refractivity contribution in [3.8, 4) is 0 Å². The largest absolute Gasteiger partial charge is 0.390 e. The smallest absolute Gasteiger partial charge is 0.263 e. The number of likely N-dealkylation sites (N-methyl/N-ethyl adjacent to an activating group) is 1. The number of rotatable bonds is 5. The van der Waals surface area contributed by atoms with E-state index in [9.17, 15) is 14.7 Å². The van der Waals surface area contributed by atoms with Crippen molar-refractivity contribution < 1.29 is 14.7 Å². The number of likely N-dealkylation sites (tertiary alicyclic amines) is 1. The highest BCUT2D eigenvalue weighted by Gasteiger charge is 2.54. The summed E-state index contributed by atoms with van der Waals surface area (Å²) in [4.78, 5) is 37.9. The molecule has 39 heavy (non-hydrogen) atoms. The van der Waals surface area contributed by atoms with Gasteiger partial charge in [-0.1, -0.05) is 61.3 Å². The highest BCUT2D eigenvalue weighted by Crippen LogP contribution is 2.56. The molecule has 3 aliphatic rings. The number of aliphatic hydroxyl groups is 1. The van der Waals surface area contributed by atoms with Gasteiger partial charge in [0.2, 0.25) is 5.91 Å². The first kappa shape index (κ1) is 28.0. The molecule has 1 saturated heterocycles. The van der Waals surface area contributed by atoms with Crippen molar-refractivity contribution in [2.75, 3.05) is 20.6 Å². The molecule has 0 radical (unpaired) electrons. The minimum atomic E-state index is -0.905. The lowest BCUT2D eigenvalue weighted by Crippen LogP contribution is -2.50. The average Bonchev–Trinajstić information content (AvgIpc) is 3.53. The molecule has 2 aromatic carbocycles. The van der Waals surface area contributed by atoms with Crippen LogP contribution in [0.2, 0.25) is 10.0 Å². The van der Waals surface area contributed by atoms with Crippen molar-refractivity contribution in [2.24, 2.45) is 10.9 Å². The number of aliphatic hydroxyl groups excluding tert-OH is 1. The van der Waals surface area contributed by atoms with Gasteiger partial charge in [0.25, 0.3) is 5.91 Å². The quantitative estimate of drug-likeness (QED) is 0.515. The fourth-order valence-corrected chi connectivity index (χ4v) is 7.38. The lowest BCUT2D eigenvalue weighted by Gasteiger charge is -2.37. The summed E-state index contributed by atoms with van der Waals surface area (Å²) in [5, 5.41) is 12.6. The zero-order valence-corrected chi connectivity index (χ0v) is 24.9. The van der Waals surface area contributed by atoms with Crippen LogP contribution in [0.25, 0.3) is 0 Å². The molecule has 10 heteroatoms. The Hall–Kier alpha value is -2.52. The van der Waals surface area contributed by atoms with E-state index in [1.807, 2.05) is 48.5 Å². The predicted molar refractivity (Wildman–Crippen MR) is 157 cm³/mol. The van der Waals surface area contributed by atoms with Crippen LogP contribution in [0.3, 0.4) is 0 Å². The number of carbonyl (C=O) groups is 2. The topological polar surface area (TPSA) is 76.5 Å². The summed E-state index contributed by atoms with van der Waals surface area (Å²) in [5.74, 6) is -0.544. The number of thioether (sulfide) groups is 1. The number of amides is 2. The second kappa shape index (κ2) is 10.5. The molecular weight excluding hydrogens is 555 g/mol. The zero-order valence-electron chi connectivity index (χ0n) is 22.6. The van der Waals surface area contributed by atoms with Gasteiger partial charge in [0, 0.05) is 36.4 Å². The Labute approximate surface area is 243 Å². The normalized spacial score (nSPS) is 26.4. The molecule has 1 fully saturated rings. The molecular formula is C29H32Cl2N4O3S. The van der Waals surface area contributed by atoms with Crippen LogP contribution >= 0.6 is 35.0 Å². The Morgan fingerprint density at radius 1 is 1.08 bits per heavy atom. The number of halogens is 2. The number of amidine groups is 1. The maximum absolute atomic E-state index is 14.1. The molecule has 2 unspecified atom stereocenters. The maximum atomic E-state index is 14.1. The first-order valence-electron chi connectivity index (χ1n) is 13.0. The summed E-state index contributed by atoms with van der Waals surface area (Å²) in [5.41, 5.74) is 2.21. The van der Waals surface area contributed by atoms with Crippen LogP contribution in [-0.4, -0.2) is 69.6 Å². The Kier molecular flexibility index (Phi) is 7.52. The van der Waals surface area contributed by atoms with Crippen molar-refractivity contribution in [3.05, 3.63) is 80.3 Å². The molecule has 0 bridgehead atoms. The van der Waals surface area contributed by atoms with Crippen LogP contribution in [0, 0.1) is 5.92 Å². The third kappa shape index (κ3) is 4.75. The lowest BCUT2D eigenvalue weighted by molar-refractivity contribution is -0.142. The van der Waals surface area contributed by atoms with Gasteiger partial charge in [-0.05, 0) is 66.4 Å². The molecule has 0 spiro atoms. The van der Waals surface area contributed by atoms with Crippen LogP contribution in [0.5, 0.6) is 0 Å². The Morgan fingerprint density at radius 3 is 2.23 bits per heavy atom. The van der Waals surface area contributed by atoms with Crippen molar-refractivity contribution in [1.82, 2.24) is 14.7 Å². The Bertz CT molecular complexity index is 1360. The second-order valence-electron chi connectivity index (χ2n) is 10.9. The van der Waals surface area contributed by atoms with Gasteiger partial charge < -0.3 is 19.8 Å². The third-order valence-corrected chi connectivity index (χ3v) is 9.25. The predicted octanol–water partition coefficient (Wildman–Crippen LogP) is 5.29. The van der Waals surface area contributed by atoms with E-state index in [2.05, 4.69) is 25.7 Å². The van der Waals surface area contributed by atoms with Crippen LogP contribution in [0.1, 0.15) is 44.4 Å². The summed E-state index contributed by atoms with van der Waals surface area (Å²) in [7, 11) is 3.27. The van der Waals surface area contributed by atoms with E-state index >= 15 is 0 Å². The van der Waals surface area contributed by atoms with Crippen LogP contribution in [0.4, 0.5) is 0 Å². The summed E-state index contributed by atoms with van der Waals surface area (Å²) < 4.78 is 0. The van der Waals surface area contributed by atoms with E-state index in [1.54, 1.807) is 14.1 Å². The summed E-state index contributed by atoms with van der Waals surface area (Å²) in [6.07, 6.45) is -0.539. The maximum Gasteiger partial charge on any atom is 0.263 e. The number of allylic oxidation sites excluding steroid dienone is 1. The summed E-state index contributed by atoms with van der Waals surface area (Å²) in [6, 6.07) is 14.3. The van der Waals surface area contributed by atoms with Crippen molar-refractivity contribution in [2.45, 2.75) is 50.9 Å². The van der Waals surface area contributed by atoms with Gasteiger partial charge in [0.15, 0.2) is 5.17 Å². The highest BCUT2D eigenvalue weighted by atomic mass is 35.5. The van der Waals surface area contributed by atoms with Crippen molar-refractivity contribution >= 4 is 51.9 Å². The molecule has 4 atom stereocenters. The van der Waals surface area contributed by atoms with Crippen LogP contribution in [-0.2, 0) is 15.1 Å². The Morgan fingerprint density at radius 2 is 1.67 bits per heavy atom. The molecule has 3 aliphatic heterocycles. The molecule has 5 rings (SSSR count). The van der Waals surface area contributed by atoms with E-state index in [-0.39, 0.29) is 23.8 Å². The Balaban J connectivity index is 1.61. The minimum absolute atomic E-state index is 0.0120. The van der Waals surface area contributed by atoms with Gasteiger partial charge in [0.05, 0.1) is 12.1 Å². The fraction of sp³-hybridized carbons (Fsp3) is 0.414. The molecule has 1 N–H and O–H groups in total. The van der Waals surface area contributed by atoms with Gasteiger partial charge in [-0.2, -0.15) is 0 Å². The summed E-state index contributed by atoms with van der Waals surface area (Å²) in [6.45, 7) is 6.53. The molecule has 3 heterocycles. The van der Waals surface area contributed by atoms with Crippen molar-refractivity contribution in [1.29, 1.82) is 0 Å². The minimum Gasteiger partial charge on any atom is -0.390 e. The third-order valence-electron chi connectivity index (χ3n) is 7.69. The number of hydrogen-bond acceptors (Lipinski definition) is 6. The average molecular weight is 588 g/mol. The van der Waals surface area contributed by atoms with Gasteiger partial charge in [-0.15, -0.1) is 0 Å². The van der Waals surface area contributed by atoms with E-state index in [1.165, 1.54) is 21.6 Å².